The summed E-state index contributed by atoms with van der Waals surface area (Å²) in [4.78, 5) is 18.3. The SMILES string of the molecule is C=CC(=O)Nc1cc(N=C(C=C(N)c2ccc3c(cnn3C)c2)NN)c(OC(F)F)cc1NCCN(C)C. The summed E-state index contributed by atoms with van der Waals surface area (Å²) >= 11 is 0. The van der Waals surface area contributed by atoms with Crippen molar-refractivity contribution in [2.24, 2.45) is 23.6 Å². The van der Waals surface area contributed by atoms with Crippen molar-refractivity contribution in [1.82, 2.24) is 20.1 Å². The van der Waals surface area contributed by atoms with Gasteiger partial charge in [0.25, 0.3) is 0 Å². The maximum Gasteiger partial charge on any atom is 0.387 e. The molecular formula is C25H31F2N9O2. The summed E-state index contributed by atoms with van der Waals surface area (Å²) in [6, 6.07) is 8.25. The molecular weight excluding hydrogens is 496 g/mol. The molecule has 0 spiro atoms. The molecule has 0 aliphatic carbocycles. The largest absolute Gasteiger partial charge is 0.432 e. The summed E-state index contributed by atoms with van der Waals surface area (Å²) in [6.07, 6.45) is 4.25. The quantitative estimate of drug-likeness (QED) is 0.0841. The van der Waals surface area contributed by atoms with Gasteiger partial charge in [0.05, 0.1) is 23.1 Å². The summed E-state index contributed by atoms with van der Waals surface area (Å²) in [5.41, 5.74) is 11.2. The lowest BCUT2D eigenvalue weighted by Crippen LogP contribution is -2.29. The van der Waals surface area contributed by atoms with Gasteiger partial charge in [-0.15, -0.1) is 0 Å². The molecule has 0 bridgehead atoms. The van der Waals surface area contributed by atoms with Gasteiger partial charge in [0.15, 0.2) is 5.75 Å². The molecule has 13 heteroatoms. The molecule has 0 fully saturated rings. The number of hydrogen-bond donors (Lipinski definition) is 5. The van der Waals surface area contributed by atoms with Gasteiger partial charge in [0.2, 0.25) is 5.91 Å². The Morgan fingerprint density at radius 3 is 2.71 bits per heavy atom. The Bertz CT molecular complexity index is 1370. The van der Waals surface area contributed by atoms with Crippen LogP contribution in [-0.2, 0) is 11.8 Å². The van der Waals surface area contributed by atoms with Crippen molar-refractivity contribution < 1.29 is 18.3 Å². The first-order valence-corrected chi connectivity index (χ1v) is 11.5. The molecule has 0 unspecified atom stereocenters. The minimum atomic E-state index is -3.12. The van der Waals surface area contributed by atoms with Crippen LogP contribution in [0, 0.1) is 0 Å². The van der Waals surface area contributed by atoms with Gasteiger partial charge < -0.3 is 31.4 Å². The van der Waals surface area contributed by atoms with Crippen molar-refractivity contribution in [2.75, 3.05) is 37.8 Å². The van der Waals surface area contributed by atoms with Gasteiger partial charge >= 0.3 is 6.61 Å². The third kappa shape index (κ3) is 7.27. The van der Waals surface area contributed by atoms with E-state index in [0.717, 1.165) is 17.0 Å². The first kappa shape index (κ1) is 28.1. The van der Waals surface area contributed by atoms with Crippen LogP contribution >= 0.6 is 0 Å². The van der Waals surface area contributed by atoms with E-state index in [1.165, 1.54) is 18.2 Å². The molecule has 1 amide bonds. The molecule has 1 heterocycles. The van der Waals surface area contributed by atoms with E-state index < -0.39 is 12.5 Å². The number of benzene rings is 2. The predicted molar refractivity (Wildman–Crippen MR) is 146 cm³/mol. The van der Waals surface area contributed by atoms with Crippen LogP contribution in [-0.4, -0.2) is 60.2 Å². The highest BCUT2D eigenvalue weighted by Crippen LogP contribution is 2.38. The van der Waals surface area contributed by atoms with Crippen molar-refractivity contribution in [1.29, 1.82) is 0 Å². The number of nitrogens with one attached hydrogen (secondary N) is 3. The normalized spacial score (nSPS) is 12.2. The molecule has 0 saturated carbocycles. The summed E-state index contributed by atoms with van der Waals surface area (Å²) in [5, 5.41) is 10.9. The average molecular weight is 528 g/mol. The molecule has 0 atom stereocenters. The van der Waals surface area contributed by atoms with Crippen molar-refractivity contribution in [3.8, 4) is 5.75 Å². The number of anilines is 2. The Kier molecular flexibility index (Phi) is 9.35. The van der Waals surface area contributed by atoms with Crippen molar-refractivity contribution in [2.45, 2.75) is 6.61 Å². The first-order valence-electron chi connectivity index (χ1n) is 11.5. The number of carbonyl (C=O) groups excluding carboxylic acids is 1. The number of amides is 1. The van der Waals surface area contributed by atoms with Gasteiger partial charge in [-0.1, -0.05) is 12.6 Å². The van der Waals surface area contributed by atoms with Crippen LogP contribution in [0.1, 0.15) is 5.56 Å². The number of aliphatic imine (C=N–C) groups is 1. The highest BCUT2D eigenvalue weighted by atomic mass is 19.3. The number of rotatable bonds is 11. The summed E-state index contributed by atoms with van der Waals surface area (Å²) < 4.78 is 33.0. The number of fused-ring (bicyclic) bond motifs is 1. The molecule has 0 aliphatic rings. The summed E-state index contributed by atoms with van der Waals surface area (Å²) in [6.45, 7) is 1.45. The van der Waals surface area contributed by atoms with Crippen LogP contribution < -0.4 is 32.4 Å². The number of carbonyl (C=O) groups is 1. The van der Waals surface area contributed by atoms with E-state index in [0.29, 0.717) is 30.0 Å². The summed E-state index contributed by atoms with van der Waals surface area (Å²) in [5.74, 6) is 5.00. The second-order valence-corrected chi connectivity index (χ2v) is 8.45. The van der Waals surface area contributed by atoms with E-state index >= 15 is 0 Å². The number of halogens is 2. The molecule has 0 saturated heterocycles. The lowest BCUT2D eigenvalue weighted by molar-refractivity contribution is -0.111. The van der Waals surface area contributed by atoms with Gasteiger partial charge in [-0.25, -0.2) is 10.8 Å². The van der Waals surface area contributed by atoms with Crippen molar-refractivity contribution in [3.05, 3.63) is 60.8 Å². The fraction of sp³-hybridized carbons (Fsp3) is 0.240. The molecule has 202 valence electrons. The smallest absolute Gasteiger partial charge is 0.387 e. The molecule has 11 nitrogen and oxygen atoms in total. The number of hydrazine groups is 1. The van der Waals surface area contributed by atoms with E-state index in [9.17, 15) is 13.6 Å². The zero-order valence-electron chi connectivity index (χ0n) is 21.3. The first-order chi connectivity index (χ1) is 18.1. The predicted octanol–water partition coefficient (Wildman–Crippen LogP) is 2.77. The van der Waals surface area contributed by atoms with E-state index in [-0.39, 0.29) is 23.0 Å². The average Bonchev–Trinajstić information content (AvgIpc) is 3.24. The third-order valence-corrected chi connectivity index (χ3v) is 5.39. The zero-order chi connectivity index (χ0) is 27.8. The van der Waals surface area contributed by atoms with Crippen LogP contribution in [0.3, 0.4) is 0 Å². The van der Waals surface area contributed by atoms with Crippen LogP contribution in [0.15, 0.2) is 60.3 Å². The Balaban J connectivity index is 2.04. The Morgan fingerprint density at radius 1 is 1.29 bits per heavy atom. The van der Waals surface area contributed by atoms with E-state index in [2.05, 4.69) is 32.7 Å². The van der Waals surface area contributed by atoms with Gasteiger partial charge in [-0.2, -0.15) is 13.9 Å². The lowest BCUT2D eigenvalue weighted by atomic mass is 10.1. The molecule has 3 aromatic rings. The number of nitrogens with two attached hydrogens (primary N) is 2. The monoisotopic (exact) mass is 527 g/mol. The van der Waals surface area contributed by atoms with Gasteiger partial charge in [0.1, 0.15) is 11.5 Å². The Hall–Kier alpha value is -4.49. The number of amidine groups is 1. The molecule has 2 aromatic carbocycles. The number of hydrogen-bond acceptors (Lipinski definition) is 8. The summed E-state index contributed by atoms with van der Waals surface area (Å²) in [7, 11) is 5.61. The molecule has 1 aromatic heterocycles. The minimum absolute atomic E-state index is 0.0254. The number of nitrogens with zero attached hydrogens (tertiary/aromatic N) is 4. The van der Waals surface area contributed by atoms with Gasteiger partial charge in [0, 0.05) is 43.4 Å². The molecule has 3 rings (SSSR count). The van der Waals surface area contributed by atoms with Gasteiger partial charge in [-0.05, 0) is 43.9 Å². The molecule has 0 radical (unpaired) electrons. The number of aromatic nitrogens is 2. The molecule has 38 heavy (non-hydrogen) atoms. The molecule has 7 N–H and O–H groups in total. The van der Waals surface area contributed by atoms with E-state index in [1.54, 1.807) is 10.9 Å². The van der Waals surface area contributed by atoms with Crippen LogP contribution in [0.25, 0.3) is 16.6 Å². The Morgan fingerprint density at radius 2 is 2.05 bits per heavy atom. The number of ether oxygens (including phenoxy) is 1. The number of alkyl halides is 2. The highest BCUT2D eigenvalue weighted by Gasteiger charge is 2.16. The fourth-order valence-electron chi connectivity index (χ4n) is 3.50. The van der Waals surface area contributed by atoms with Crippen LogP contribution in [0.5, 0.6) is 5.75 Å². The Labute approximate surface area is 218 Å². The standard InChI is InChI=1S/C25H31F2N9O2/c1-5-24(37)33-19-12-20(22(38-25(26)27)13-18(19)30-8-9-35(2)3)32-23(34-29)11-17(28)15-6-7-21-16(10-15)14-31-36(21)4/h5-7,10-14,25,30H,1,8-9,28-29H2,2-4H3,(H,32,34)(H,33,37). The van der Waals surface area contributed by atoms with Crippen LogP contribution in [0.2, 0.25) is 0 Å². The van der Waals surface area contributed by atoms with Crippen molar-refractivity contribution in [3.63, 3.8) is 0 Å². The minimum Gasteiger partial charge on any atom is -0.432 e. The van der Waals surface area contributed by atoms with E-state index in [1.807, 2.05) is 44.2 Å². The maximum atomic E-state index is 13.3. The topological polar surface area (TPSA) is 148 Å². The lowest BCUT2D eigenvalue weighted by Gasteiger charge is -2.18. The highest BCUT2D eigenvalue weighted by molar-refractivity contribution is 6.03. The third-order valence-electron chi connectivity index (χ3n) is 5.39. The fourth-order valence-corrected chi connectivity index (χ4v) is 3.50. The number of likely N-dealkylation sites (N-methyl/N-ethyl adjacent to an activating group) is 1. The van der Waals surface area contributed by atoms with Crippen LogP contribution in [0.4, 0.5) is 25.8 Å². The zero-order valence-corrected chi connectivity index (χ0v) is 21.3. The van der Waals surface area contributed by atoms with Gasteiger partial charge in [-0.3, -0.25) is 9.48 Å². The maximum absolute atomic E-state index is 13.3. The number of aryl methyl sites for hydroxylation is 1. The second-order valence-electron chi connectivity index (χ2n) is 8.45. The second kappa shape index (κ2) is 12.7. The molecule has 0 aliphatic heterocycles. The van der Waals surface area contributed by atoms with Crippen molar-refractivity contribution >= 4 is 45.4 Å². The van der Waals surface area contributed by atoms with E-state index in [4.69, 9.17) is 16.3 Å².